The Morgan fingerprint density at radius 1 is 1.27 bits per heavy atom. The number of nitrogens with zero attached hydrogens (tertiary/aromatic N) is 2. The summed E-state index contributed by atoms with van der Waals surface area (Å²) in [5.74, 6) is 0.868. The first-order valence-corrected chi connectivity index (χ1v) is 10.3. The van der Waals surface area contributed by atoms with Crippen LogP contribution in [0.2, 0.25) is 0 Å². The van der Waals surface area contributed by atoms with Gasteiger partial charge in [0.15, 0.2) is 0 Å². The maximum Gasteiger partial charge on any atom is 0.269 e. The second kappa shape index (κ2) is 6.89. The number of benzene rings is 1. The third-order valence-electron chi connectivity index (χ3n) is 5.64. The largest absolute Gasteiger partial charge is 0.490 e. The lowest BCUT2D eigenvalue weighted by molar-refractivity contribution is 0.0844. The van der Waals surface area contributed by atoms with E-state index < -0.39 is 0 Å². The third kappa shape index (κ3) is 3.03. The van der Waals surface area contributed by atoms with Gasteiger partial charge in [-0.05, 0) is 67.7 Å². The molecule has 0 aliphatic carbocycles. The Hall–Kier alpha value is -1.53. The molecule has 2 aliphatic heterocycles. The van der Waals surface area contributed by atoms with Crippen LogP contribution in [0.5, 0.6) is 5.75 Å². The molecular formula is C20H26BrN3O2. The lowest BCUT2D eigenvalue weighted by Gasteiger charge is -2.34. The van der Waals surface area contributed by atoms with Crippen molar-refractivity contribution in [3.05, 3.63) is 28.4 Å². The van der Waals surface area contributed by atoms with Crippen LogP contribution in [0.4, 0.5) is 0 Å². The van der Waals surface area contributed by atoms with Crippen LogP contribution >= 0.6 is 15.9 Å². The Bertz CT molecular complexity index is 837. The summed E-state index contributed by atoms with van der Waals surface area (Å²) in [6, 6.07) is 7.03. The predicted molar refractivity (Wildman–Crippen MR) is 107 cm³/mol. The summed E-state index contributed by atoms with van der Waals surface area (Å²) in [5.41, 5.74) is 1.79. The summed E-state index contributed by atoms with van der Waals surface area (Å²) in [7, 11) is 0. The van der Waals surface area contributed by atoms with Gasteiger partial charge in [0.05, 0.1) is 9.99 Å². The van der Waals surface area contributed by atoms with E-state index in [2.05, 4.69) is 63.6 Å². The van der Waals surface area contributed by atoms with Crippen molar-refractivity contribution < 1.29 is 9.53 Å². The van der Waals surface area contributed by atoms with Gasteiger partial charge in [-0.2, -0.15) is 0 Å². The SMILES string of the molecule is CC(C)N1CCC(Oc2ccc3c(c2)c(Br)c2n3[C@H](C)CNC2=O)CC1. The highest BCUT2D eigenvalue weighted by Crippen LogP contribution is 2.37. The molecule has 0 saturated carbocycles. The fourth-order valence-electron chi connectivity index (χ4n) is 4.11. The molecule has 5 nitrogen and oxygen atoms in total. The number of fused-ring (bicyclic) bond motifs is 3. The summed E-state index contributed by atoms with van der Waals surface area (Å²) < 4.78 is 9.26. The maximum atomic E-state index is 12.3. The average Bonchev–Trinajstić information content (AvgIpc) is 2.92. The van der Waals surface area contributed by atoms with Gasteiger partial charge in [-0.3, -0.25) is 4.79 Å². The molecule has 3 heterocycles. The number of piperidine rings is 1. The fourth-order valence-corrected chi connectivity index (χ4v) is 4.80. The van der Waals surface area contributed by atoms with Gasteiger partial charge in [0, 0.05) is 37.1 Å². The quantitative estimate of drug-likeness (QED) is 0.818. The maximum absolute atomic E-state index is 12.3. The van der Waals surface area contributed by atoms with Crippen LogP contribution in [0.15, 0.2) is 22.7 Å². The van der Waals surface area contributed by atoms with E-state index in [4.69, 9.17) is 4.74 Å². The molecule has 1 aromatic carbocycles. The zero-order valence-corrected chi connectivity index (χ0v) is 17.2. The van der Waals surface area contributed by atoms with Gasteiger partial charge < -0.3 is 19.5 Å². The van der Waals surface area contributed by atoms with Gasteiger partial charge in [-0.15, -0.1) is 0 Å². The van der Waals surface area contributed by atoms with Gasteiger partial charge in [0.25, 0.3) is 5.91 Å². The summed E-state index contributed by atoms with van der Waals surface area (Å²) in [6.07, 6.45) is 2.38. The molecule has 26 heavy (non-hydrogen) atoms. The van der Waals surface area contributed by atoms with Crippen molar-refractivity contribution in [2.24, 2.45) is 0 Å². The molecule has 2 aromatic rings. The highest BCUT2D eigenvalue weighted by molar-refractivity contribution is 9.10. The first kappa shape index (κ1) is 17.9. The molecule has 140 valence electrons. The standard InChI is InChI=1S/C20H26BrN3O2/c1-12(2)23-8-6-14(7-9-23)26-15-4-5-17-16(10-15)18(21)19-20(25)22-11-13(3)24(17)19/h4-5,10,12-14H,6-9,11H2,1-3H3,(H,22,25)/t13-/m1/s1. The van der Waals surface area contributed by atoms with E-state index >= 15 is 0 Å². The molecule has 0 unspecified atom stereocenters. The topological polar surface area (TPSA) is 46.5 Å². The van der Waals surface area contributed by atoms with E-state index in [1.54, 1.807) is 0 Å². The minimum Gasteiger partial charge on any atom is -0.490 e. The van der Waals surface area contributed by atoms with Crippen molar-refractivity contribution in [3.8, 4) is 5.75 Å². The van der Waals surface area contributed by atoms with Crippen LogP contribution in [0.3, 0.4) is 0 Å². The second-order valence-corrected chi connectivity index (χ2v) is 8.51. The molecule has 1 N–H and O–H groups in total. The molecule has 4 rings (SSSR count). The van der Waals surface area contributed by atoms with E-state index in [1.807, 2.05) is 6.07 Å². The van der Waals surface area contributed by atoms with Crippen LogP contribution in [0.25, 0.3) is 10.9 Å². The number of nitrogens with one attached hydrogen (secondary N) is 1. The summed E-state index contributed by atoms with van der Waals surface area (Å²) in [6.45, 7) is 9.46. The third-order valence-corrected chi connectivity index (χ3v) is 6.44. The number of aromatic nitrogens is 1. The number of carbonyl (C=O) groups is 1. The zero-order chi connectivity index (χ0) is 18.4. The van der Waals surface area contributed by atoms with Crippen molar-refractivity contribution in [1.82, 2.24) is 14.8 Å². The Morgan fingerprint density at radius 2 is 2.00 bits per heavy atom. The highest BCUT2D eigenvalue weighted by atomic mass is 79.9. The summed E-state index contributed by atoms with van der Waals surface area (Å²) >= 11 is 3.64. The molecule has 0 spiro atoms. The highest BCUT2D eigenvalue weighted by Gasteiger charge is 2.29. The van der Waals surface area contributed by atoms with Gasteiger partial charge in [0.2, 0.25) is 0 Å². The number of carbonyl (C=O) groups excluding carboxylic acids is 1. The van der Waals surface area contributed by atoms with Crippen molar-refractivity contribution >= 4 is 32.7 Å². The number of hydrogen-bond donors (Lipinski definition) is 1. The van der Waals surface area contributed by atoms with E-state index in [0.29, 0.717) is 18.3 Å². The van der Waals surface area contributed by atoms with Crippen LogP contribution in [0.1, 0.15) is 50.1 Å². The van der Waals surface area contributed by atoms with Crippen LogP contribution in [-0.4, -0.2) is 47.2 Å². The minimum absolute atomic E-state index is 0.0188. The second-order valence-electron chi connectivity index (χ2n) is 7.72. The molecule has 1 fully saturated rings. The Balaban J connectivity index is 1.59. The molecule has 1 amide bonds. The average molecular weight is 420 g/mol. The van der Waals surface area contributed by atoms with Gasteiger partial charge >= 0.3 is 0 Å². The Morgan fingerprint density at radius 3 is 2.69 bits per heavy atom. The summed E-state index contributed by atoms with van der Waals surface area (Å²) in [5, 5.41) is 4.00. The van der Waals surface area contributed by atoms with E-state index in [9.17, 15) is 4.79 Å². The van der Waals surface area contributed by atoms with Gasteiger partial charge in [-0.25, -0.2) is 0 Å². The smallest absolute Gasteiger partial charge is 0.269 e. The number of amides is 1. The molecule has 0 bridgehead atoms. The number of halogens is 1. The van der Waals surface area contributed by atoms with Crippen LogP contribution in [-0.2, 0) is 0 Å². The number of likely N-dealkylation sites (tertiary alicyclic amines) is 1. The first-order valence-electron chi connectivity index (χ1n) is 9.48. The molecule has 1 saturated heterocycles. The monoisotopic (exact) mass is 419 g/mol. The Labute approximate surface area is 162 Å². The fraction of sp³-hybridized carbons (Fsp3) is 0.550. The van der Waals surface area contributed by atoms with Crippen molar-refractivity contribution in [2.75, 3.05) is 19.6 Å². The predicted octanol–water partition coefficient (Wildman–Crippen LogP) is 3.96. The van der Waals surface area contributed by atoms with Crippen LogP contribution < -0.4 is 10.1 Å². The van der Waals surface area contributed by atoms with Gasteiger partial charge in [-0.1, -0.05) is 0 Å². The van der Waals surface area contributed by atoms with Crippen LogP contribution in [0, 0.1) is 0 Å². The van der Waals surface area contributed by atoms with E-state index in [0.717, 1.165) is 47.1 Å². The molecule has 1 aromatic heterocycles. The van der Waals surface area contributed by atoms with Crippen molar-refractivity contribution in [2.45, 2.75) is 51.8 Å². The Kier molecular flexibility index (Phi) is 4.73. The van der Waals surface area contributed by atoms with Crippen molar-refractivity contribution in [3.63, 3.8) is 0 Å². The first-order chi connectivity index (χ1) is 12.5. The van der Waals surface area contributed by atoms with Crippen molar-refractivity contribution in [1.29, 1.82) is 0 Å². The number of hydrogen-bond acceptors (Lipinski definition) is 3. The molecule has 0 radical (unpaired) electrons. The number of rotatable bonds is 3. The van der Waals surface area contributed by atoms with Gasteiger partial charge in [0.1, 0.15) is 17.5 Å². The zero-order valence-electron chi connectivity index (χ0n) is 15.6. The number of ether oxygens (including phenoxy) is 1. The minimum atomic E-state index is -0.0188. The van der Waals surface area contributed by atoms with E-state index in [-0.39, 0.29) is 18.1 Å². The molecule has 1 atom stereocenters. The lowest BCUT2D eigenvalue weighted by atomic mass is 10.1. The molecular weight excluding hydrogens is 394 g/mol. The van der Waals surface area contributed by atoms with E-state index in [1.165, 1.54) is 0 Å². The molecule has 2 aliphatic rings. The summed E-state index contributed by atoms with van der Waals surface area (Å²) in [4.78, 5) is 14.8. The molecule has 6 heteroatoms. The normalized spacial score (nSPS) is 21.9. The lowest BCUT2D eigenvalue weighted by Crippen LogP contribution is -2.41.